The summed E-state index contributed by atoms with van der Waals surface area (Å²) >= 11 is 0. The molecule has 0 bridgehead atoms. The molecule has 5 nitrogen and oxygen atoms in total. The Morgan fingerprint density at radius 2 is 1.08 bits per heavy atom. The largest absolute Gasteiger partial charge is 0.457 e. The van der Waals surface area contributed by atoms with E-state index in [0.29, 0.717) is 11.6 Å². The maximum atomic E-state index is 9.94. The van der Waals surface area contributed by atoms with Gasteiger partial charge in [0, 0.05) is 58.1 Å². The van der Waals surface area contributed by atoms with Crippen molar-refractivity contribution in [1.82, 2.24) is 14.1 Å². The first kappa shape index (κ1) is 30.1. The smallest absolute Gasteiger partial charge is 0.255 e. The number of hydrogen-bond donors (Lipinski definition) is 0. The van der Waals surface area contributed by atoms with Crippen LogP contribution in [0.15, 0.2) is 285 Å². The number of fused-ring (bicyclic) bond motifs is 10. The van der Waals surface area contributed by atoms with Crippen LogP contribution in [0.2, 0.25) is 0 Å². The molecule has 4 heterocycles. The van der Waals surface area contributed by atoms with Crippen molar-refractivity contribution in [3.63, 3.8) is 0 Å². The van der Waals surface area contributed by atoms with Crippen LogP contribution in [0.25, 0.3) is 94.5 Å². The minimum absolute atomic E-state index is 0.00988. The topological polar surface area (TPSA) is 35.9 Å². The highest BCUT2D eigenvalue weighted by Crippen LogP contribution is 2.47. The van der Waals surface area contributed by atoms with E-state index in [1.807, 2.05) is 53.1 Å². The van der Waals surface area contributed by atoms with Gasteiger partial charge < -0.3 is 4.74 Å². The highest BCUT2D eigenvalue weighted by molar-refractivity contribution is 7.20. The van der Waals surface area contributed by atoms with Gasteiger partial charge in [0.15, 0.2) is 19.1 Å². The standard InChI is InChI=1S/C80H65N4OSi/c1-79(2,3)56-45-46-81-76(49-56)84-73-40-22-21-37-67(73)68-43-41-59(51-74(68)84)85-58-28-23-27-57(50-58)82-53-83-77-69(38-24-39-72(77)80(4,5)6)70-52-63(86(60-29-13-8-14-30-60,61-31-15-9-16-32-61)62-33-17-10-18-34-62)42-44-66(70)64-35-19-20-36-65(64)71-47-55(48-75(82)78(71)83)54-25-11-7-12-26-54/h7-53H,1-6H3/q+1/i4D3,5D3,6D3,7D,8D,9D,10D,11D,12D,13D,14D,15D,16D,17D,18D,25D,26D,29D,30D,31D,32D,33D,34D. The van der Waals surface area contributed by atoms with Gasteiger partial charge in [0.25, 0.3) is 6.33 Å². The van der Waals surface area contributed by atoms with Crippen molar-refractivity contribution in [2.24, 2.45) is 0 Å². The molecule has 0 radical (unpaired) electrons. The summed E-state index contributed by atoms with van der Waals surface area (Å²) < 4.78 is 285. The maximum Gasteiger partial charge on any atom is 0.255 e. The molecule has 15 rings (SSSR count). The molecule has 0 spiro atoms. The van der Waals surface area contributed by atoms with E-state index < -0.39 is 187 Å². The summed E-state index contributed by atoms with van der Waals surface area (Å²) in [5, 5.41) is -1.22. The summed E-state index contributed by atoms with van der Waals surface area (Å²) in [6.45, 7) is -5.81. The molecular formula is C80H65N4OSi+. The Hall–Kier alpha value is -10.1. The van der Waals surface area contributed by atoms with E-state index in [1.165, 1.54) is 53.4 Å². The summed E-state index contributed by atoms with van der Waals surface area (Å²) in [5.74, 6) is 1.19. The van der Waals surface area contributed by atoms with E-state index in [9.17, 15) is 31.5 Å². The van der Waals surface area contributed by atoms with Crippen molar-refractivity contribution in [3.8, 4) is 73.2 Å². The van der Waals surface area contributed by atoms with Gasteiger partial charge in [0.05, 0.1) is 38.4 Å². The molecule has 6 heteroatoms. The first-order valence-corrected chi connectivity index (χ1v) is 29.5. The lowest BCUT2D eigenvalue weighted by molar-refractivity contribution is -0.567. The zero-order chi connectivity index (χ0) is 83.2. The quantitative estimate of drug-likeness (QED) is 0.0820. The predicted octanol–water partition coefficient (Wildman–Crippen LogP) is 17.1. The number of ether oxygens (including phenoxy) is 1. The Morgan fingerprint density at radius 3 is 1.78 bits per heavy atom. The Morgan fingerprint density at radius 1 is 0.465 bits per heavy atom. The predicted molar refractivity (Wildman–Crippen MR) is 360 cm³/mol. The average Bonchev–Trinajstić information content (AvgIpc) is 1.68. The molecule has 0 saturated heterocycles. The van der Waals surface area contributed by atoms with E-state index in [4.69, 9.17) is 17.9 Å². The van der Waals surface area contributed by atoms with Crippen molar-refractivity contribution in [3.05, 3.63) is 296 Å². The number of aromatic nitrogens is 4. The van der Waals surface area contributed by atoms with E-state index >= 15 is 0 Å². The van der Waals surface area contributed by atoms with Gasteiger partial charge in [0.2, 0.25) is 0 Å². The fraction of sp³-hybridized carbons (Fsp3) is 0.100. The number of rotatable bonds is 9. The number of para-hydroxylation sites is 2. The van der Waals surface area contributed by atoms with Crippen LogP contribution in [0.3, 0.4) is 0 Å². The zero-order valence-electron chi connectivity index (χ0n) is 75.3. The third-order valence-electron chi connectivity index (χ3n) is 16.0. The van der Waals surface area contributed by atoms with Gasteiger partial charge in [-0.05, 0) is 125 Å². The van der Waals surface area contributed by atoms with Crippen molar-refractivity contribution in [2.45, 2.75) is 52.2 Å². The fourth-order valence-electron chi connectivity index (χ4n) is 12.1. The van der Waals surface area contributed by atoms with Gasteiger partial charge in [-0.3, -0.25) is 4.57 Å². The van der Waals surface area contributed by atoms with Crippen LogP contribution in [0.5, 0.6) is 11.5 Å². The minimum atomic E-state index is -6.05. The molecule has 0 atom stereocenters. The lowest BCUT2D eigenvalue weighted by atomic mass is 9.82. The summed E-state index contributed by atoms with van der Waals surface area (Å²) in [6, 6.07) is 21.7. The van der Waals surface area contributed by atoms with Gasteiger partial charge in [-0.15, -0.1) is 0 Å². The van der Waals surface area contributed by atoms with E-state index in [1.54, 1.807) is 65.4 Å². The van der Waals surface area contributed by atoms with Gasteiger partial charge in [-0.1, -0.05) is 247 Å². The normalized spacial score (nSPS) is 17.5. The second-order valence-corrected chi connectivity index (χ2v) is 25.6. The molecule has 86 heavy (non-hydrogen) atoms. The van der Waals surface area contributed by atoms with Gasteiger partial charge >= 0.3 is 0 Å². The molecule has 14 aromatic rings. The number of nitrogens with zero attached hydrogens (tertiary/aromatic N) is 4. The molecule has 0 aliphatic carbocycles. The molecule has 0 amide bonds. The number of hydrogen-bond acceptors (Lipinski definition) is 2. The maximum absolute atomic E-state index is 9.94. The molecule has 0 fully saturated rings. The molecule has 0 N–H and O–H groups in total. The molecule has 0 saturated carbocycles. The van der Waals surface area contributed by atoms with E-state index in [-0.39, 0.29) is 72.4 Å². The Labute approximate surface area is 545 Å². The lowest BCUT2D eigenvalue weighted by Gasteiger charge is -2.35. The van der Waals surface area contributed by atoms with Crippen LogP contribution in [0.1, 0.15) is 92.2 Å². The number of pyridine rings is 1. The van der Waals surface area contributed by atoms with Crippen LogP contribution >= 0.6 is 0 Å². The monoisotopic (exact) mass is 1150 g/mol. The fourth-order valence-corrected chi connectivity index (χ4v) is 16.0. The highest BCUT2D eigenvalue weighted by atomic mass is 28.3. The minimum Gasteiger partial charge on any atom is -0.457 e. The third kappa shape index (κ3) is 8.73. The summed E-state index contributed by atoms with van der Waals surface area (Å²) in [5.41, 5.74) is -2.92. The SMILES string of the molecule is [2H]c1c([2H])c([2H])c(-c2cc3c4c(c2)n(-c2cccc(Oc5ccc6c7ccccc7n(-c7cc(C(C)(C)C)ccn7)c6c5)c2)c[n+]4-c2c(cccc2C(C([2H])([2H])[2H])(C([2H])([2H])[2H])C([2H])([2H])[2H])-c2cc([Si](c4c([2H])c([2H])c([2H])c([2H])c4[2H])(c4c([2H])c([2H])c([2H])c([2H])c4[2H])c4c([2H])c([2H])c([2H])c([2H])c4[2H])ccc2-c2ccccc2-3)c([2H])c1[2H]. The van der Waals surface area contributed by atoms with E-state index in [2.05, 4.69) is 20.8 Å². The zero-order valence-corrected chi connectivity index (χ0v) is 47.3. The van der Waals surface area contributed by atoms with Crippen molar-refractivity contribution in [2.75, 3.05) is 0 Å². The highest BCUT2D eigenvalue weighted by Gasteiger charge is 2.43. The second kappa shape index (κ2) is 20.6. The van der Waals surface area contributed by atoms with Gasteiger partial charge in [-0.2, -0.15) is 9.13 Å². The van der Waals surface area contributed by atoms with Crippen LogP contribution < -0.4 is 30.1 Å². The Kier molecular flexibility index (Phi) is 7.20. The first-order chi connectivity index (χ1) is 53.9. The second-order valence-electron chi connectivity index (χ2n) is 22.0. The molecule has 0 unspecified atom stereocenters. The van der Waals surface area contributed by atoms with Crippen molar-refractivity contribution >= 4 is 61.7 Å². The van der Waals surface area contributed by atoms with Crippen LogP contribution in [-0.2, 0) is 10.8 Å². The molecular weight excluding hydrogens is 1060 g/mol. The van der Waals surface area contributed by atoms with E-state index in [0.717, 1.165) is 33.4 Å². The lowest BCUT2D eigenvalue weighted by Crippen LogP contribution is -2.74. The summed E-state index contributed by atoms with van der Waals surface area (Å²) in [7, 11) is -6.05. The average molecular weight is 1160 g/mol. The van der Waals surface area contributed by atoms with Gasteiger partial charge in [0.1, 0.15) is 28.7 Å². The molecule has 1 aliphatic heterocycles. The Bertz CT molecular complexity index is 6230. The molecule has 414 valence electrons. The first-order valence-electron chi connectivity index (χ1n) is 42.0. The summed E-state index contributed by atoms with van der Waals surface area (Å²) in [4.78, 5) is 4.84. The third-order valence-corrected chi connectivity index (χ3v) is 20.2. The van der Waals surface area contributed by atoms with Crippen molar-refractivity contribution in [1.29, 1.82) is 0 Å². The van der Waals surface area contributed by atoms with Gasteiger partial charge in [-0.25, -0.2) is 4.98 Å². The molecule has 11 aromatic carbocycles. The molecule has 1 aliphatic rings. The molecule has 3 aromatic heterocycles. The summed E-state index contributed by atoms with van der Waals surface area (Å²) in [6.07, 6.45) is 3.16. The van der Waals surface area contributed by atoms with Crippen LogP contribution in [-0.4, -0.2) is 22.2 Å². The van der Waals surface area contributed by atoms with Crippen molar-refractivity contribution < 1.29 is 49.1 Å². The van der Waals surface area contributed by atoms with Crippen LogP contribution in [0.4, 0.5) is 0 Å². The van der Waals surface area contributed by atoms with Crippen LogP contribution in [0, 0.1) is 0 Å². The Balaban J connectivity index is 1.12. The number of benzene rings is 11. The number of imidazole rings is 1.